The van der Waals surface area contributed by atoms with Crippen molar-refractivity contribution in [2.24, 2.45) is 41.4 Å². The molecule has 1 fully saturated rings. The van der Waals surface area contributed by atoms with Crippen LogP contribution >= 0.6 is 11.6 Å². The number of amides is 15. The number of hydrogen-bond acceptors (Lipinski definition) is 18. The number of likely N-dealkylation sites (N-methyl/N-ethyl adjacent to an activating group) is 7. The molecule has 1 unspecified atom stereocenters. The van der Waals surface area contributed by atoms with E-state index in [4.69, 9.17) is 16.3 Å². The van der Waals surface area contributed by atoms with Crippen LogP contribution < -0.4 is 47.3 Å². The van der Waals surface area contributed by atoms with Crippen molar-refractivity contribution in [3.8, 4) is 11.4 Å². The number of aliphatic hydroxyl groups excluding tert-OH is 1. The third-order valence-corrected chi connectivity index (χ3v) is 21.7. The van der Waals surface area contributed by atoms with E-state index < -0.39 is 203 Å². The second-order valence-corrected chi connectivity index (χ2v) is 34.8. The molecule has 2 heterocycles. The molecule has 38 heteroatoms. The van der Waals surface area contributed by atoms with E-state index >= 15 is 19.2 Å². The van der Waals surface area contributed by atoms with Gasteiger partial charge in [-0.05, 0) is 149 Å². The van der Waals surface area contributed by atoms with Crippen molar-refractivity contribution >= 4 is 112 Å². The lowest BCUT2D eigenvalue weighted by molar-refractivity contribution is -0.157. The highest BCUT2D eigenvalue weighted by Crippen LogP contribution is 2.36. The number of aliphatic hydroxyl groups is 1. The van der Waals surface area contributed by atoms with Gasteiger partial charge >= 0.3 is 6.18 Å². The first-order chi connectivity index (χ1) is 57.7. The minimum Gasteiger partial charge on any atom is -0.484 e. The van der Waals surface area contributed by atoms with Gasteiger partial charge in [0.1, 0.15) is 66.2 Å². The molecular formula is C86H131ClF3N17O17. The fourth-order valence-electron chi connectivity index (χ4n) is 14.4. The van der Waals surface area contributed by atoms with E-state index in [2.05, 4.69) is 54.2 Å². The van der Waals surface area contributed by atoms with E-state index in [1.165, 1.54) is 125 Å². The maximum Gasteiger partial charge on any atom is 0.434 e. The van der Waals surface area contributed by atoms with Crippen molar-refractivity contribution in [1.29, 1.82) is 0 Å². The Morgan fingerprint density at radius 2 is 1.06 bits per heavy atom. The lowest BCUT2D eigenvalue weighted by Gasteiger charge is -2.41. The van der Waals surface area contributed by atoms with Crippen molar-refractivity contribution in [2.75, 3.05) is 86.2 Å². The average molecular weight is 1770 g/mol. The van der Waals surface area contributed by atoms with Crippen LogP contribution in [-0.4, -0.2) is 280 Å². The fraction of sp³-hybridized carbons (Fsp3) is 0.628. The van der Waals surface area contributed by atoms with Crippen LogP contribution in [0.4, 0.5) is 24.5 Å². The van der Waals surface area contributed by atoms with E-state index in [1.54, 1.807) is 41.5 Å². The normalized spacial score (nSPS) is 21.9. The molecule has 0 spiro atoms. The molecule has 2 aromatic carbocycles. The Hall–Kier alpha value is -10.7. The average Bonchev–Trinajstić information content (AvgIpc) is 1.56. The molecule has 124 heavy (non-hydrogen) atoms. The van der Waals surface area contributed by atoms with Crippen LogP contribution in [0.15, 0.2) is 61.3 Å². The first-order valence-electron chi connectivity index (χ1n) is 41.9. The quantitative estimate of drug-likeness (QED) is 0.0296. The number of nitrogens with one attached hydrogen (secondary N) is 8. The summed E-state index contributed by atoms with van der Waals surface area (Å²) < 4.78 is 50.0. The van der Waals surface area contributed by atoms with Crippen LogP contribution in [0.3, 0.4) is 0 Å². The van der Waals surface area contributed by atoms with Crippen molar-refractivity contribution < 1.29 is 94.9 Å². The predicted molar refractivity (Wildman–Crippen MR) is 461 cm³/mol. The summed E-state index contributed by atoms with van der Waals surface area (Å²) in [4.78, 5) is 222. The molecule has 690 valence electrons. The monoisotopic (exact) mass is 1770 g/mol. The Balaban J connectivity index is 1.65. The first kappa shape index (κ1) is 106. The van der Waals surface area contributed by atoms with Gasteiger partial charge in [0.25, 0.3) is 11.8 Å². The SMILES string of the molecule is C=CC(=O)Nc1cc(Cl)cc(NC(=O)c2cnn(-c3ccc(OCC(=O)NCCNC(=O)CCC[C@@H](C)[C@@H](O)[C@H]4C(=O)N[C@@H](CC)C(=O)N(C)CC(=O)N(C)[C@@H](CC(C)C)C(=O)N[C@@H](C(C)C)C(=O)N(C)C(CC(C)C)C(=O)N[C@@H](C)C(=O)N[C@H](C)C(=O)N(C)[C@@H](CC(C)C)C(=O)N(C)[C@@H](CC(C)C)C(=O)N(C)[C@@H](C(C)C)C(=O)N4C)cc3)c2C(F)(F)F)c1. The number of carbonyl (C=O) groups is 15. The number of carbonyl (C=O) groups excluding carboxylic acids is 15. The molecular weight excluding hydrogens is 1640 g/mol. The van der Waals surface area contributed by atoms with Gasteiger partial charge in [0.05, 0.1) is 30.1 Å². The lowest BCUT2D eigenvalue weighted by Crippen LogP contribution is -2.63. The van der Waals surface area contributed by atoms with Crippen molar-refractivity contribution in [3.05, 3.63) is 77.6 Å². The number of rotatable bonds is 28. The smallest absolute Gasteiger partial charge is 0.434 e. The highest BCUT2D eigenvalue weighted by Gasteiger charge is 2.47. The molecule has 15 amide bonds. The summed E-state index contributed by atoms with van der Waals surface area (Å²) in [5.74, 6) is -14.3. The number of hydrogen-bond donors (Lipinski definition) is 9. The molecule has 0 saturated carbocycles. The van der Waals surface area contributed by atoms with Crippen molar-refractivity contribution in [1.82, 2.24) is 76.0 Å². The van der Waals surface area contributed by atoms with Crippen LogP contribution in [0.2, 0.25) is 5.02 Å². The summed E-state index contributed by atoms with van der Waals surface area (Å²) in [6, 6.07) is -4.54. The highest BCUT2D eigenvalue weighted by molar-refractivity contribution is 6.31. The molecule has 0 aliphatic carbocycles. The van der Waals surface area contributed by atoms with Gasteiger partial charge < -0.3 is 86.7 Å². The summed E-state index contributed by atoms with van der Waals surface area (Å²) in [5, 5.41) is 37.4. The minimum absolute atomic E-state index is 0.0361. The van der Waals surface area contributed by atoms with Gasteiger partial charge in [-0.1, -0.05) is 115 Å². The molecule has 1 saturated heterocycles. The second kappa shape index (κ2) is 48.0. The Kier molecular flexibility index (Phi) is 40.8. The molecule has 3 aromatic rings. The lowest BCUT2D eigenvalue weighted by atomic mass is 9.90. The maximum atomic E-state index is 15.5. The largest absolute Gasteiger partial charge is 0.484 e. The van der Waals surface area contributed by atoms with Gasteiger partial charge in [0.15, 0.2) is 12.3 Å². The zero-order valence-electron chi connectivity index (χ0n) is 75.8. The van der Waals surface area contributed by atoms with Gasteiger partial charge in [-0.25, -0.2) is 4.68 Å². The molecule has 4 rings (SSSR count). The molecule has 1 aliphatic rings. The van der Waals surface area contributed by atoms with E-state index in [0.717, 1.165) is 27.0 Å². The molecule has 0 radical (unpaired) electrons. The summed E-state index contributed by atoms with van der Waals surface area (Å²) in [7, 11) is 9.50. The molecule has 1 aliphatic heterocycles. The van der Waals surface area contributed by atoms with Crippen molar-refractivity contribution in [3.63, 3.8) is 0 Å². The van der Waals surface area contributed by atoms with Crippen LogP contribution in [0.25, 0.3) is 5.69 Å². The first-order valence-corrected chi connectivity index (χ1v) is 42.3. The predicted octanol–water partition coefficient (Wildman–Crippen LogP) is 6.02. The number of nitrogens with zero attached hydrogens (tertiary/aromatic N) is 9. The van der Waals surface area contributed by atoms with Crippen molar-refractivity contribution in [2.45, 2.75) is 235 Å². The van der Waals surface area contributed by atoms with Gasteiger partial charge in [0.2, 0.25) is 76.8 Å². The Morgan fingerprint density at radius 3 is 1.58 bits per heavy atom. The highest BCUT2D eigenvalue weighted by atomic mass is 35.5. The van der Waals surface area contributed by atoms with E-state index in [9.17, 15) is 71.0 Å². The third-order valence-electron chi connectivity index (χ3n) is 21.5. The summed E-state index contributed by atoms with van der Waals surface area (Å²) in [5.41, 5.74) is -2.30. The molecule has 12 atom stereocenters. The van der Waals surface area contributed by atoms with Crippen LogP contribution in [0.5, 0.6) is 5.75 Å². The number of alkyl halides is 3. The second-order valence-electron chi connectivity index (χ2n) is 34.4. The molecule has 1 aromatic heterocycles. The summed E-state index contributed by atoms with van der Waals surface area (Å²) in [6.07, 6.45) is -4.90. The van der Waals surface area contributed by atoms with Gasteiger partial charge in [-0.3, -0.25) is 71.9 Å². The molecule has 34 nitrogen and oxygen atoms in total. The third kappa shape index (κ3) is 30.0. The standard InChI is InChI=1S/C86H131ClF3N17O17/c1-25-61-81(119)100(18)44-69(111)101(19)62(36-46(3)4)78(116)99-70(50(11)12)84(122)102(20)63(37-47(5)6)77(115)94-53(16)75(113)95-54(17)80(118)103(21)64(38-48(7)8)82(120)104(22)65(39-49(9)10)83(121)105(23)71(51(13)14)85(123)106(24)72(79(117)98-61)73(112)52(15)28-27-29-67(109)91-34-35-92-68(110)45-124-59-32-30-58(31-33-59)107-74(86(88,89)90)60(43-93-107)76(114)97-57-41-55(87)40-56(42-57)96-66(108)26-2/h26,30-33,40-43,46-54,61-65,70-73,112H,2,25,27-29,34-39,44-45H2,1,3-24H3,(H,91,109)(H,92,110)(H,94,115)(H,95,113)(H,96,108)(H,97,114)(H,98,117)(H,99,116)/t52-,53+,54-,61+,62+,63?,64+,65+,70+,71+,72+,73-/m1/s1. The summed E-state index contributed by atoms with van der Waals surface area (Å²) >= 11 is 6.13. The molecule has 9 N–H and O–H groups in total. The topological polar surface area (TPSA) is 422 Å². The Labute approximate surface area is 730 Å². The van der Waals surface area contributed by atoms with Crippen LogP contribution in [0, 0.1) is 41.4 Å². The van der Waals surface area contributed by atoms with Crippen LogP contribution in [0.1, 0.15) is 178 Å². The zero-order valence-corrected chi connectivity index (χ0v) is 76.6. The van der Waals surface area contributed by atoms with Gasteiger partial charge in [-0.2, -0.15) is 18.3 Å². The summed E-state index contributed by atoms with van der Waals surface area (Å²) in [6.45, 7) is 29.3. The number of aromatic nitrogens is 2. The molecule has 0 bridgehead atoms. The van der Waals surface area contributed by atoms with E-state index in [1.807, 2.05) is 55.4 Å². The van der Waals surface area contributed by atoms with Gasteiger partial charge in [0, 0.05) is 85.2 Å². The van der Waals surface area contributed by atoms with Crippen LogP contribution in [-0.2, 0) is 73.3 Å². The number of benzene rings is 2. The Bertz CT molecular complexity index is 4260. The maximum absolute atomic E-state index is 15.5. The minimum atomic E-state index is -5.09. The number of ether oxygens (including phenoxy) is 1. The van der Waals surface area contributed by atoms with E-state index in [0.29, 0.717) is 4.68 Å². The zero-order chi connectivity index (χ0) is 94.1. The van der Waals surface area contributed by atoms with E-state index in [-0.39, 0.29) is 116 Å². The Morgan fingerprint density at radius 1 is 0.581 bits per heavy atom. The van der Waals surface area contributed by atoms with Gasteiger partial charge in [-0.15, -0.1) is 0 Å². The fourth-order valence-corrected chi connectivity index (χ4v) is 14.7. The number of anilines is 2. The number of halogens is 4.